The number of benzene rings is 1. The summed E-state index contributed by atoms with van der Waals surface area (Å²) in [4.78, 5) is 51.8. The summed E-state index contributed by atoms with van der Waals surface area (Å²) in [6, 6.07) is 9.61. The molecule has 4 heterocycles. The molecule has 1 aromatic carbocycles. The molecule has 15 heteroatoms. The van der Waals surface area contributed by atoms with Crippen LogP contribution in [0.4, 0.5) is 16.3 Å². The van der Waals surface area contributed by atoms with E-state index in [0.717, 1.165) is 43.1 Å². The molecule has 2 saturated heterocycles. The number of pyridine rings is 1. The molecule has 2 fully saturated rings. The van der Waals surface area contributed by atoms with Crippen molar-refractivity contribution < 1.29 is 49.1 Å². The Morgan fingerprint density at radius 1 is 1.07 bits per heavy atom. The van der Waals surface area contributed by atoms with Crippen LogP contribution in [-0.4, -0.2) is 113 Å². The molecule has 0 bridgehead atoms. The largest absolute Gasteiger partial charge is 0.489 e. The Balaban J connectivity index is 0.000000334. The number of nitrogens with zero attached hydrogens (tertiary/aromatic N) is 3. The van der Waals surface area contributed by atoms with Gasteiger partial charge in [0.25, 0.3) is 0 Å². The zero-order chi connectivity index (χ0) is 29.7. The summed E-state index contributed by atoms with van der Waals surface area (Å²) in [6.45, 7) is 5.86. The van der Waals surface area contributed by atoms with Crippen molar-refractivity contribution >= 4 is 35.4 Å². The highest BCUT2D eigenvalue weighted by Crippen LogP contribution is 2.41. The molecule has 5 rings (SSSR count). The normalized spacial score (nSPS) is 20.7. The summed E-state index contributed by atoms with van der Waals surface area (Å²) in [7, 11) is 0. The second-order valence-corrected chi connectivity index (χ2v) is 9.50. The summed E-state index contributed by atoms with van der Waals surface area (Å²) in [5.41, 5.74) is 2.64. The Kier molecular flexibility index (Phi) is 9.21. The van der Waals surface area contributed by atoms with Gasteiger partial charge in [-0.3, -0.25) is 9.69 Å². The van der Waals surface area contributed by atoms with Gasteiger partial charge in [0.05, 0.1) is 12.2 Å². The Labute approximate surface area is 234 Å². The van der Waals surface area contributed by atoms with E-state index in [2.05, 4.69) is 26.6 Å². The van der Waals surface area contributed by atoms with Gasteiger partial charge in [0.15, 0.2) is 12.2 Å². The van der Waals surface area contributed by atoms with Gasteiger partial charge in [0.1, 0.15) is 30.3 Å². The Morgan fingerprint density at radius 2 is 1.73 bits per heavy atom. The number of aromatic nitrogens is 1. The molecule has 0 aliphatic carbocycles. The summed E-state index contributed by atoms with van der Waals surface area (Å²) in [5.74, 6) is -2.08. The van der Waals surface area contributed by atoms with Crippen molar-refractivity contribution in [2.75, 3.05) is 49.1 Å². The fourth-order valence-corrected chi connectivity index (χ4v) is 4.54. The first kappa shape index (κ1) is 29.5. The van der Waals surface area contributed by atoms with Crippen LogP contribution < -0.4 is 25.2 Å². The summed E-state index contributed by atoms with van der Waals surface area (Å²) >= 11 is 0. The summed E-state index contributed by atoms with van der Waals surface area (Å²) < 4.78 is 11.5. The fourth-order valence-electron chi connectivity index (χ4n) is 4.54. The van der Waals surface area contributed by atoms with E-state index >= 15 is 0 Å². The van der Waals surface area contributed by atoms with E-state index in [1.54, 1.807) is 4.90 Å². The number of aliphatic hydroxyl groups excluding tert-OH is 2. The first-order valence-corrected chi connectivity index (χ1v) is 12.8. The van der Waals surface area contributed by atoms with Crippen molar-refractivity contribution in [2.45, 2.75) is 31.3 Å². The maximum atomic E-state index is 12.5. The van der Waals surface area contributed by atoms with Crippen LogP contribution in [0.25, 0.3) is 11.1 Å². The minimum atomic E-state index is -2.27. The van der Waals surface area contributed by atoms with E-state index in [4.69, 9.17) is 29.9 Å². The average Bonchev–Trinajstić information content (AvgIpc) is 3.31. The number of hydrogen-bond acceptors (Lipinski definition) is 11. The van der Waals surface area contributed by atoms with Crippen LogP contribution in [0, 0.1) is 0 Å². The maximum absolute atomic E-state index is 12.5. The van der Waals surface area contributed by atoms with Crippen molar-refractivity contribution in [3.63, 3.8) is 0 Å². The quantitative estimate of drug-likeness (QED) is 0.241. The van der Waals surface area contributed by atoms with E-state index in [1.165, 1.54) is 6.92 Å². The molecule has 0 unspecified atom stereocenters. The maximum Gasteiger partial charge on any atom is 0.415 e. The van der Waals surface area contributed by atoms with Gasteiger partial charge in [-0.25, -0.2) is 19.4 Å². The number of piperazine rings is 1. The van der Waals surface area contributed by atoms with Gasteiger partial charge in [0.2, 0.25) is 5.91 Å². The molecule has 41 heavy (non-hydrogen) atoms. The van der Waals surface area contributed by atoms with E-state index < -0.39 is 36.3 Å². The number of carbonyl (C=O) groups is 4. The molecule has 2 amide bonds. The lowest BCUT2D eigenvalue weighted by Gasteiger charge is -2.31. The van der Waals surface area contributed by atoms with Crippen LogP contribution in [-0.2, 0) is 19.1 Å². The Bertz CT molecular complexity index is 1270. The van der Waals surface area contributed by atoms with Gasteiger partial charge in [-0.05, 0) is 29.8 Å². The van der Waals surface area contributed by atoms with Crippen LogP contribution in [0.15, 0.2) is 36.5 Å². The number of anilines is 2. The van der Waals surface area contributed by atoms with Crippen LogP contribution in [0.3, 0.4) is 0 Å². The molecule has 4 atom stereocenters. The predicted octanol–water partition coefficient (Wildman–Crippen LogP) is -0.742. The van der Waals surface area contributed by atoms with Crippen molar-refractivity contribution in [2.24, 2.45) is 0 Å². The molecule has 220 valence electrons. The summed E-state index contributed by atoms with van der Waals surface area (Å²) in [5, 5.41) is 38.6. The number of nitrogens with one attached hydrogen (secondary N) is 2. The number of aliphatic carboxylic acids is 2. The number of aliphatic hydroxyl groups is 2. The fraction of sp³-hybridized carbons (Fsp3) is 0.423. The number of carbonyl (C=O) groups excluding carboxylic acids is 2. The average molecular weight is 574 g/mol. The Morgan fingerprint density at radius 3 is 2.32 bits per heavy atom. The number of hydrogen-bond donors (Lipinski definition) is 6. The molecule has 3 aliphatic rings. The third-order valence-electron chi connectivity index (χ3n) is 6.72. The molecule has 0 radical (unpaired) electrons. The van der Waals surface area contributed by atoms with Crippen LogP contribution in [0.1, 0.15) is 6.92 Å². The third kappa shape index (κ3) is 6.82. The SMILES string of the molecule is CC(=O)NC[C@@H]1OC(=O)N2c3ccc(-c4ccc(N5CCNCC5)nc4)cc3OC[C@@H]12.O=C(O)[C@H](O)[C@@H](O)C(=O)O. The van der Waals surface area contributed by atoms with E-state index in [-0.39, 0.29) is 18.5 Å². The molecule has 3 aliphatic heterocycles. The van der Waals surface area contributed by atoms with E-state index in [0.29, 0.717) is 18.0 Å². The molecular weight excluding hydrogens is 542 g/mol. The predicted molar refractivity (Wildman–Crippen MR) is 143 cm³/mol. The molecule has 15 nitrogen and oxygen atoms in total. The van der Waals surface area contributed by atoms with Crippen LogP contribution in [0.5, 0.6) is 5.75 Å². The van der Waals surface area contributed by atoms with Gasteiger partial charge in [-0.1, -0.05) is 6.07 Å². The van der Waals surface area contributed by atoms with Gasteiger partial charge in [-0.2, -0.15) is 0 Å². The number of cyclic esters (lactones) is 1. The first-order valence-electron chi connectivity index (χ1n) is 12.8. The number of rotatable bonds is 7. The molecular formula is C26H31N5O10. The second-order valence-electron chi connectivity index (χ2n) is 9.50. The van der Waals surface area contributed by atoms with E-state index in [9.17, 15) is 19.2 Å². The molecule has 6 N–H and O–H groups in total. The topological polar surface area (TPSA) is 211 Å². The highest BCUT2D eigenvalue weighted by atomic mass is 16.6. The number of carboxylic acids is 2. The van der Waals surface area contributed by atoms with Crippen LogP contribution >= 0.6 is 0 Å². The van der Waals surface area contributed by atoms with Gasteiger partial charge in [0, 0.05) is 44.9 Å². The number of ether oxygens (including phenoxy) is 2. The molecule has 0 spiro atoms. The van der Waals surface area contributed by atoms with E-state index in [1.807, 2.05) is 30.5 Å². The number of fused-ring (bicyclic) bond motifs is 3. The molecule has 2 aromatic rings. The standard InChI is InChI=1S/C22H25N5O4.C4H6O6/c1-14(28)24-12-20-18-13-30-19-10-15(2-4-17(19)27(18)22(29)31-20)16-3-5-21(25-11-16)26-8-6-23-7-9-26;5-1(3(7)8)2(6)4(9)10/h2-5,10-11,18,20,23H,6-9,12-13H2,1H3,(H,24,28);1-2,5-6H,(H,7,8)(H,9,10)/t18-,20-;1-,2-/m01/s1. The highest BCUT2D eigenvalue weighted by Gasteiger charge is 2.46. The minimum Gasteiger partial charge on any atom is -0.489 e. The lowest BCUT2D eigenvalue weighted by atomic mass is 10.0. The van der Waals surface area contributed by atoms with Crippen molar-refractivity contribution in [3.05, 3.63) is 36.5 Å². The lowest BCUT2D eigenvalue weighted by Crippen LogP contribution is -2.47. The minimum absolute atomic E-state index is 0.159. The Hall–Kier alpha value is -4.47. The van der Waals surface area contributed by atoms with Gasteiger partial charge in [-0.15, -0.1) is 0 Å². The van der Waals surface area contributed by atoms with Crippen molar-refractivity contribution in [3.8, 4) is 16.9 Å². The number of carboxylic acid groups (broad SMARTS) is 2. The number of amides is 2. The zero-order valence-electron chi connectivity index (χ0n) is 22.1. The van der Waals surface area contributed by atoms with Crippen molar-refractivity contribution in [1.82, 2.24) is 15.6 Å². The lowest BCUT2D eigenvalue weighted by molar-refractivity contribution is -0.165. The second kappa shape index (κ2) is 12.8. The van der Waals surface area contributed by atoms with Crippen LogP contribution in [0.2, 0.25) is 0 Å². The van der Waals surface area contributed by atoms with Gasteiger partial charge >= 0.3 is 18.0 Å². The monoisotopic (exact) mass is 573 g/mol. The van der Waals surface area contributed by atoms with Crippen molar-refractivity contribution in [1.29, 1.82) is 0 Å². The smallest absolute Gasteiger partial charge is 0.415 e. The zero-order valence-corrected chi connectivity index (χ0v) is 22.1. The van der Waals surface area contributed by atoms with Gasteiger partial charge < -0.3 is 45.4 Å². The third-order valence-corrected chi connectivity index (χ3v) is 6.72. The molecule has 1 aromatic heterocycles. The first-order chi connectivity index (χ1) is 19.6. The highest BCUT2D eigenvalue weighted by molar-refractivity contribution is 5.94. The molecule has 0 saturated carbocycles. The summed E-state index contributed by atoms with van der Waals surface area (Å²) in [6.07, 6.45) is -3.51.